The molecule has 0 aliphatic heterocycles. The predicted octanol–water partition coefficient (Wildman–Crippen LogP) is 0.730. The van der Waals surface area contributed by atoms with Crippen LogP contribution in [-0.4, -0.2) is 48.3 Å². The molecule has 1 aromatic carbocycles. The quantitative estimate of drug-likeness (QED) is 0.636. The summed E-state index contributed by atoms with van der Waals surface area (Å²) in [7, 11) is -4.47. The number of carbonyl (C=O) groups is 1. The van der Waals surface area contributed by atoms with Gasteiger partial charge in [0.2, 0.25) is 0 Å². The molecule has 16 heavy (non-hydrogen) atoms. The van der Waals surface area contributed by atoms with Crippen LogP contribution in [0.2, 0.25) is 0 Å². The maximum atomic E-state index is 11.4. The molecule has 1 rings (SSSR count). The minimum atomic E-state index is -4.47. The van der Waals surface area contributed by atoms with Crippen molar-refractivity contribution in [2.75, 3.05) is 0 Å². The van der Waals surface area contributed by atoms with E-state index < -0.39 is 20.6 Å². The Kier molecular flexibility index (Phi) is 5.35. The number of hydrogen-bond donors (Lipinski definition) is 1. The van der Waals surface area contributed by atoms with Crippen LogP contribution < -0.4 is 0 Å². The van der Waals surface area contributed by atoms with E-state index in [1.807, 2.05) is 0 Å². The number of Topliss-reactive ketones (excluding diaryl/α,β-unsaturated/α-hetero) is 1. The Hall–Kier alpha value is -0.200. The summed E-state index contributed by atoms with van der Waals surface area (Å²) >= 11 is 0. The van der Waals surface area contributed by atoms with Crippen LogP contribution in [0.3, 0.4) is 0 Å². The van der Waals surface area contributed by atoms with Gasteiger partial charge >= 0.3 is 29.6 Å². The average molecular weight is 252 g/mol. The molecule has 1 aromatic rings. The van der Waals surface area contributed by atoms with Crippen molar-refractivity contribution in [3.63, 3.8) is 0 Å². The van der Waals surface area contributed by atoms with Gasteiger partial charge in [-0.15, -0.1) is 0 Å². The summed E-state index contributed by atoms with van der Waals surface area (Å²) in [5.74, 6) is -0.615. The van der Waals surface area contributed by atoms with Gasteiger partial charge in [-0.1, -0.05) is 30.3 Å². The molecular weight excluding hydrogens is 239 g/mol. The Bertz CT molecular complexity index is 469. The first-order valence-corrected chi connectivity index (χ1v) is 5.77. The molecule has 6 heteroatoms. The van der Waals surface area contributed by atoms with Crippen LogP contribution in [0.25, 0.3) is 0 Å². The fourth-order valence-electron chi connectivity index (χ4n) is 1.29. The SMILES string of the molecule is CC(=O)C(C)(c1ccccc1)S(=O)(=O)O.[NaH]. The Morgan fingerprint density at radius 1 is 1.25 bits per heavy atom. The van der Waals surface area contributed by atoms with Gasteiger partial charge in [-0.25, -0.2) is 0 Å². The van der Waals surface area contributed by atoms with Crippen LogP contribution in [0.15, 0.2) is 30.3 Å². The van der Waals surface area contributed by atoms with Crippen LogP contribution >= 0.6 is 0 Å². The summed E-state index contributed by atoms with van der Waals surface area (Å²) in [6.45, 7) is 2.33. The van der Waals surface area contributed by atoms with Gasteiger partial charge in [0, 0.05) is 0 Å². The Balaban J connectivity index is 0.00000225. The Labute approximate surface area is 117 Å². The summed E-state index contributed by atoms with van der Waals surface area (Å²) in [5.41, 5.74) is 0.264. The Morgan fingerprint density at radius 2 is 1.69 bits per heavy atom. The van der Waals surface area contributed by atoms with Crippen molar-refractivity contribution in [2.24, 2.45) is 0 Å². The van der Waals surface area contributed by atoms with Gasteiger partial charge in [0.25, 0.3) is 10.1 Å². The molecule has 0 heterocycles. The van der Waals surface area contributed by atoms with Crippen molar-refractivity contribution < 1.29 is 17.8 Å². The molecule has 1 unspecified atom stereocenters. The fourth-order valence-corrected chi connectivity index (χ4v) is 2.09. The number of hydrogen-bond acceptors (Lipinski definition) is 3. The molecule has 4 nitrogen and oxygen atoms in total. The minimum absolute atomic E-state index is 0. The predicted molar refractivity (Wildman–Crippen MR) is 63.2 cm³/mol. The summed E-state index contributed by atoms with van der Waals surface area (Å²) < 4.78 is 29.7. The first-order chi connectivity index (χ1) is 6.80. The molecule has 0 radical (unpaired) electrons. The molecule has 0 aromatic heterocycles. The van der Waals surface area contributed by atoms with Crippen molar-refractivity contribution in [3.05, 3.63) is 35.9 Å². The van der Waals surface area contributed by atoms with Gasteiger partial charge in [0.15, 0.2) is 10.5 Å². The number of carbonyl (C=O) groups excluding carboxylic acids is 1. The normalized spacial score (nSPS) is 14.7. The first-order valence-electron chi connectivity index (χ1n) is 4.33. The van der Waals surface area contributed by atoms with E-state index in [1.165, 1.54) is 19.1 Å². The van der Waals surface area contributed by atoms with E-state index in [2.05, 4.69) is 0 Å². The van der Waals surface area contributed by atoms with Crippen molar-refractivity contribution >= 4 is 45.5 Å². The molecule has 1 atom stereocenters. The van der Waals surface area contributed by atoms with Gasteiger partial charge in [-0.2, -0.15) is 8.42 Å². The Morgan fingerprint density at radius 3 is 2.00 bits per heavy atom. The monoisotopic (exact) mass is 252 g/mol. The second kappa shape index (κ2) is 5.42. The summed E-state index contributed by atoms with van der Waals surface area (Å²) in [5, 5.41) is 0. The third kappa shape index (κ3) is 2.73. The van der Waals surface area contributed by atoms with Crippen LogP contribution in [0.1, 0.15) is 19.4 Å². The van der Waals surface area contributed by atoms with Crippen LogP contribution in [-0.2, 0) is 19.7 Å². The van der Waals surface area contributed by atoms with Crippen molar-refractivity contribution in [1.82, 2.24) is 0 Å². The van der Waals surface area contributed by atoms with Crippen LogP contribution in [0.4, 0.5) is 0 Å². The third-order valence-corrected chi connectivity index (χ3v) is 4.07. The summed E-state index contributed by atoms with van der Waals surface area (Å²) in [6.07, 6.45) is 0. The molecule has 0 bridgehead atoms. The summed E-state index contributed by atoms with van der Waals surface area (Å²) in [6, 6.07) is 7.92. The average Bonchev–Trinajstić information content (AvgIpc) is 2.16. The molecule has 0 saturated heterocycles. The van der Waals surface area contributed by atoms with E-state index in [0.29, 0.717) is 0 Å². The van der Waals surface area contributed by atoms with Gasteiger partial charge in [-0.3, -0.25) is 9.35 Å². The zero-order valence-electron chi connectivity index (χ0n) is 8.47. The molecule has 0 amide bonds. The number of benzene rings is 1. The number of ketones is 1. The first kappa shape index (κ1) is 15.8. The van der Waals surface area contributed by atoms with Crippen molar-refractivity contribution in [1.29, 1.82) is 0 Å². The maximum absolute atomic E-state index is 11.4. The van der Waals surface area contributed by atoms with E-state index in [-0.39, 0.29) is 35.1 Å². The van der Waals surface area contributed by atoms with Crippen molar-refractivity contribution in [2.45, 2.75) is 18.6 Å². The standard InChI is InChI=1S/C10H12O4S.Na.H/c1-8(11)10(2,15(12,13)14)9-6-4-3-5-7-9;;/h3-7H,1-2H3,(H,12,13,14);;. The molecular formula is C10H13NaO4S. The zero-order valence-corrected chi connectivity index (χ0v) is 9.28. The number of rotatable bonds is 3. The van der Waals surface area contributed by atoms with E-state index in [4.69, 9.17) is 4.55 Å². The fraction of sp³-hybridized carbons (Fsp3) is 0.300. The van der Waals surface area contributed by atoms with Crippen LogP contribution in [0.5, 0.6) is 0 Å². The van der Waals surface area contributed by atoms with Gasteiger partial charge in [0.1, 0.15) is 0 Å². The molecule has 1 N–H and O–H groups in total. The molecule has 0 fully saturated rings. The molecule has 0 aliphatic carbocycles. The van der Waals surface area contributed by atoms with E-state index in [0.717, 1.165) is 6.92 Å². The van der Waals surface area contributed by atoms with Gasteiger partial charge in [0.05, 0.1) is 0 Å². The molecule has 0 saturated carbocycles. The van der Waals surface area contributed by atoms with E-state index >= 15 is 0 Å². The molecule has 0 aliphatic rings. The third-order valence-electron chi connectivity index (χ3n) is 2.51. The second-order valence-electron chi connectivity index (χ2n) is 3.43. The van der Waals surface area contributed by atoms with E-state index in [1.54, 1.807) is 18.2 Å². The molecule has 84 valence electrons. The topological polar surface area (TPSA) is 71.4 Å². The molecule has 0 spiro atoms. The van der Waals surface area contributed by atoms with Gasteiger partial charge < -0.3 is 0 Å². The van der Waals surface area contributed by atoms with Gasteiger partial charge in [-0.05, 0) is 19.4 Å². The van der Waals surface area contributed by atoms with E-state index in [9.17, 15) is 13.2 Å². The van der Waals surface area contributed by atoms with Crippen LogP contribution in [0, 0.1) is 0 Å². The summed E-state index contributed by atoms with van der Waals surface area (Å²) in [4.78, 5) is 11.4. The van der Waals surface area contributed by atoms with Crippen molar-refractivity contribution in [3.8, 4) is 0 Å². The second-order valence-corrected chi connectivity index (χ2v) is 5.20. The zero-order chi connectivity index (χ0) is 11.7.